The fourth-order valence-electron chi connectivity index (χ4n) is 3.18. The Hall–Kier alpha value is -1.43. The highest BCUT2D eigenvalue weighted by atomic mass is 16.5. The molecule has 1 atom stereocenters. The number of nitrogens with zero attached hydrogens (tertiary/aromatic N) is 2. The molecule has 1 aromatic carbocycles. The lowest BCUT2D eigenvalue weighted by atomic mass is 10.1. The molecule has 26 heavy (non-hydrogen) atoms. The predicted molar refractivity (Wildman–Crippen MR) is 110 cm³/mol. The number of para-hydroxylation sites is 1. The summed E-state index contributed by atoms with van der Waals surface area (Å²) in [5.74, 6) is 0.0327. The molecular weight excluding hydrogens is 326 g/mol. The van der Waals surface area contributed by atoms with Crippen LogP contribution in [0.25, 0.3) is 0 Å². The summed E-state index contributed by atoms with van der Waals surface area (Å²) in [6, 6.07) is 6.28. The molecule has 1 rings (SSSR count). The topological polar surface area (TPSA) is 44.8 Å². The van der Waals surface area contributed by atoms with Crippen LogP contribution in [0.5, 0.6) is 0 Å². The molecule has 0 radical (unpaired) electrons. The summed E-state index contributed by atoms with van der Waals surface area (Å²) in [5, 5.41) is 3.10. The van der Waals surface area contributed by atoms with Gasteiger partial charge in [-0.25, -0.2) is 0 Å². The van der Waals surface area contributed by atoms with Gasteiger partial charge in [-0.2, -0.15) is 0 Å². The van der Waals surface area contributed by atoms with Gasteiger partial charge in [-0.3, -0.25) is 9.69 Å². The number of aryl methyl sites for hydroxylation is 2. The van der Waals surface area contributed by atoms with Crippen molar-refractivity contribution in [2.75, 3.05) is 51.3 Å². The van der Waals surface area contributed by atoms with Crippen LogP contribution in [-0.4, -0.2) is 67.7 Å². The first kappa shape index (κ1) is 22.6. The third kappa shape index (κ3) is 7.06. The highest BCUT2D eigenvalue weighted by molar-refractivity contribution is 5.93. The molecule has 1 amide bonds. The van der Waals surface area contributed by atoms with E-state index in [0.717, 1.165) is 43.0 Å². The molecule has 1 N–H and O–H groups in total. The molecular formula is C21H37N3O2. The molecule has 0 saturated heterocycles. The molecule has 5 nitrogen and oxygen atoms in total. The summed E-state index contributed by atoms with van der Waals surface area (Å²) in [6.07, 6.45) is 0. The number of likely N-dealkylation sites (N-methyl/N-ethyl adjacent to an activating group) is 2. The second-order valence-corrected chi connectivity index (χ2v) is 6.68. The Kier molecular flexibility index (Phi) is 10.5. The van der Waals surface area contributed by atoms with Crippen LogP contribution in [0.1, 0.15) is 38.8 Å². The van der Waals surface area contributed by atoms with Crippen molar-refractivity contribution >= 4 is 11.6 Å². The molecule has 0 saturated carbocycles. The zero-order valence-electron chi connectivity index (χ0n) is 17.5. The van der Waals surface area contributed by atoms with Gasteiger partial charge in [-0.05, 0) is 51.5 Å². The summed E-state index contributed by atoms with van der Waals surface area (Å²) in [7, 11) is 0. The van der Waals surface area contributed by atoms with E-state index in [1.54, 1.807) is 0 Å². The van der Waals surface area contributed by atoms with Crippen molar-refractivity contribution in [2.24, 2.45) is 0 Å². The van der Waals surface area contributed by atoms with Crippen molar-refractivity contribution in [3.63, 3.8) is 0 Å². The number of nitrogens with one attached hydrogen (secondary N) is 1. The number of hydrogen-bond acceptors (Lipinski definition) is 4. The molecule has 0 heterocycles. The Bertz CT molecular complexity index is 524. The average Bonchev–Trinajstić information content (AvgIpc) is 2.63. The lowest BCUT2D eigenvalue weighted by molar-refractivity contribution is -0.118. The normalized spacial score (nSPS) is 12.6. The van der Waals surface area contributed by atoms with E-state index in [9.17, 15) is 4.79 Å². The SMILES string of the molecule is CCOC[C@@H](CN(CC)CC)N(CC)CC(=O)Nc1c(C)cccc1C. The smallest absolute Gasteiger partial charge is 0.238 e. The zero-order chi connectivity index (χ0) is 19.5. The summed E-state index contributed by atoms with van der Waals surface area (Å²) in [5.41, 5.74) is 3.12. The lowest BCUT2D eigenvalue weighted by Gasteiger charge is -2.33. The van der Waals surface area contributed by atoms with Crippen LogP contribution in [0.3, 0.4) is 0 Å². The second-order valence-electron chi connectivity index (χ2n) is 6.68. The third-order valence-corrected chi connectivity index (χ3v) is 4.89. The molecule has 0 aliphatic carbocycles. The highest BCUT2D eigenvalue weighted by Crippen LogP contribution is 2.19. The third-order valence-electron chi connectivity index (χ3n) is 4.89. The van der Waals surface area contributed by atoms with Crippen LogP contribution in [-0.2, 0) is 9.53 Å². The standard InChI is InChI=1S/C21H37N3O2/c1-7-23(8-2)14-19(16-26-10-4)24(9-3)15-20(25)22-21-17(5)12-11-13-18(21)6/h11-13,19H,7-10,14-16H2,1-6H3,(H,22,25)/t19-/m1/s1. The first-order valence-electron chi connectivity index (χ1n) is 9.86. The number of carbonyl (C=O) groups is 1. The number of hydrogen-bond donors (Lipinski definition) is 1. The molecule has 1 aromatic rings. The van der Waals surface area contributed by atoms with E-state index in [-0.39, 0.29) is 11.9 Å². The Morgan fingerprint density at radius 2 is 1.69 bits per heavy atom. The van der Waals surface area contributed by atoms with Crippen molar-refractivity contribution in [2.45, 2.75) is 47.6 Å². The highest BCUT2D eigenvalue weighted by Gasteiger charge is 2.22. The van der Waals surface area contributed by atoms with Gasteiger partial charge in [0.1, 0.15) is 0 Å². The first-order chi connectivity index (χ1) is 12.5. The second kappa shape index (κ2) is 12.0. The van der Waals surface area contributed by atoms with Gasteiger partial charge in [0.25, 0.3) is 0 Å². The minimum Gasteiger partial charge on any atom is -0.380 e. The first-order valence-corrected chi connectivity index (χ1v) is 9.86. The molecule has 148 valence electrons. The minimum atomic E-state index is 0.0327. The Labute approximate surface area is 159 Å². The molecule has 0 fully saturated rings. The van der Waals surface area contributed by atoms with Crippen LogP contribution in [0.4, 0.5) is 5.69 Å². The molecule has 0 aliphatic heterocycles. The number of anilines is 1. The van der Waals surface area contributed by atoms with E-state index in [0.29, 0.717) is 19.8 Å². The van der Waals surface area contributed by atoms with Crippen LogP contribution in [0.2, 0.25) is 0 Å². The average molecular weight is 364 g/mol. The molecule has 0 spiro atoms. The summed E-state index contributed by atoms with van der Waals surface area (Å²) < 4.78 is 5.71. The number of carbonyl (C=O) groups excluding carboxylic acids is 1. The van der Waals surface area contributed by atoms with Gasteiger partial charge in [0.15, 0.2) is 0 Å². The van der Waals surface area contributed by atoms with Crippen molar-refractivity contribution in [3.05, 3.63) is 29.3 Å². The fourth-order valence-corrected chi connectivity index (χ4v) is 3.18. The number of amides is 1. The molecule has 0 unspecified atom stereocenters. The largest absolute Gasteiger partial charge is 0.380 e. The number of rotatable bonds is 12. The van der Waals surface area contributed by atoms with Crippen LogP contribution >= 0.6 is 0 Å². The predicted octanol–water partition coefficient (Wildman–Crippen LogP) is 3.31. The van der Waals surface area contributed by atoms with Gasteiger partial charge in [0.2, 0.25) is 5.91 Å². The Morgan fingerprint density at radius 3 is 2.19 bits per heavy atom. The maximum Gasteiger partial charge on any atom is 0.238 e. The summed E-state index contributed by atoms with van der Waals surface area (Å²) >= 11 is 0. The van der Waals surface area contributed by atoms with E-state index in [1.165, 1.54) is 0 Å². The Morgan fingerprint density at radius 1 is 1.08 bits per heavy atom. The minimum absolute atomic E-state index is 0.0327. The van der Waals surface area contributed by atoms with Gasteiger partial charge in [0, 0.05) is 24.9 Å². The van der Waals surface area contributed by atoms with E-state index in [2.05, 4.69) is 35.9 Å². The Balaban J connectivity index is 2.80. The summed E-state index contributed by atoms with van der Waals surface area (Å²) in [6.45, 7) is 18.0. The zero-order valence-corrected chi connectivity index (χ0v) is 17.5. The van der Waals surface area contributed by atoms with Gasteiger partial charge >= 0.3 is 0 Å². The van der Waals surface area contributed by atoms with Crippen LogP contribution in [0, 0.1) is 13.8 Å². The lowest BCUT2D eigenvalue weighted by Crippen LogP contribution is -2.49. The van der Waals surface area contributed by atoms with Gasteiger partial charge in [-0.15, -0.1) is 0 Å². The molecule has 0 bridgehead atoms. The van der Waals surface area contributed by atoms with Crippen molar-refractivity contribution in [3.8, 4) is 0 Å². The fraction of sp³-hybridized carbons (Fsp3) is 0.667. The van der Waals surface area contributed by atoms with Crippen LogP contribution < -0.4 is 5.32 Å². The quantitative estimate of drug-likeness (QED) is 0.619. The van der Waals surface area contributed by atoms with Gasteiger partial charge in [-0.1, -0.05) is 39.0 Å². The van der Waals surface area contributed by atoms with Crippen LogP contribution in [0.15, 0.2) is 18.2 Å². The van der Waals surface area contributed by atoms with Crippen molar-refractivity contribution in [1.29, 1.82) is 0 Å². The molecule has 5 heteroatoms. The van der Waals surface area contributed by atoms with Gasteiger partial charge in [0.05, 0.1) is 13.2 Å². The van der Waals surface area contributed by atoms with E-state index >= 15 is 0 Å². The molecule has 0 aromatic heterocycles. The number of benzene rings is 1. The van der Waals surface area contributed by atoms with Crippen molar-refractivity contribution < 1.29 is 9.53 Å². The number of ether oxygens (including phenoxy) is 1. The maximum atomic E-state index is 12.7. The van der Waals surface area contributed by atoms with E-state index in [1.807, 2.05) is 39.0 Å². The maximum absolute atomic E-state index is 12.7. The monoisotopic (exact) mass is 363 g/mol. The van der Waals surface area contributed by atoms with E-state index in [4.69, 9.17) is 4.74 Å². The summed E-state index contributed by atoms with van der Waals surface area (Å²) in [4.78, 5) is 17.3. The van der Waals surface area contributed by atoms with Gasteiger partial charge < -0.3 is 15.0 Å². The molecule has 0 aliphatic rings. The van der Waals surface area contributed by atoms with E-state index < -0.39 is 0 Å². The van der Waals surface area contributed by atoms with Crippen molar-refractivity contribution in [1.82, 2.24) is 9.80 Å².